The molecule has 2 saturated heterocycles. The van der Waals surface area contributed by atoms with Crippen molar-refractivity contribution in [2.24, 2.45) is 0 Å². The highest BCUT2D eigenvalue weighted by molar-refractivity contribution is 6.76. The number of hydrogen-bond acceptors (Lipinski definition) is 4. The van der Waals surface area contributed by atoms with Gasteiger partial charge >= 0.3 is 6.18 Å². The van der Waals surface area contributed by atoms with E-state index in [0.29, 0.717) is 25.4 Å². The largest absolute Gasteiger partial charge is 0.416 e. The second-order valence-electron chi connectivity index (χ2n) is 11.0. The maximum Gasteiger partial charge on any atom is 0.416 e. The number of aryl methyl sites for hydroxylation is 1. The van der Waals surface area contributed by atoms with Gasteiger partial charge < -0.3 is 9.64 Å². The molecule has 1 aromatic carbocycles. The normalized spacial score (nSPS) is 23.0. The molecule has 2 aliphatic rings. The van der Waals surface area contributed by atoms with Gasteiger partial charge in [0.15, 0.2) is 0 Å². The quantitative estimate of drug-likeness (QED) is 0.383. The summed E-state index contributed by atoms with van der Waals surface area (Å²) < 4.78 is 44.6. The molecule has 1 spiro atoms. The number of alkyl halides is 3. The topological polar surface area (TPSA) is 54.5 Å². The van der Waals surface area contributed by atoms with Crippen LogP contribution in [0.5, 0.6) is 0 Å². The lowest BCUT2D eigenvalue weighted by Crippen LogP contribution is -2.48. The Bertz CT molecular complexity index is 1070. The number of halogens is 3. The third-order valence-corrected chi connectivity index (χ3v) is 8.64. The van der Waals surface area contributed by atoms with Gasteiger partial charge in [0.05, 0.1) is 17.3 Å². The number of benzene rings is 1. The summed E-state index contributed by atoms with van der Waals surface area (Å²) in [5.74, 6) is 0.0867. The number of pyridine rings is 1. The highest BCUT2D eigenvalue weighted by atomic mass is 28.3. The smallest absolute Gasteiger partial charge is 0.361 e. The molecule has 0 saturated carbocycles. The van der Waals surface area contributed by atoms with Crippen LogP contribution in [0, 0.1) is 6.92 Å². The van der Waals surface area contributed by atoms with E-state index in [2.05, 4.69) is 25.0 Å². The SMILES string of the molecule is Cc1cc(-c2ccc(C(F)(F)F)cc2)cc(C2CCC3(CCN(COCC[Si](C)(C)C)C3=O)N2)n1. The highest BCUT2D eigenvalue weighted by Gasteiger charge is 2.51. The second-order valence-corrected chi connectivity index (χ2v) is 16.6. The van der Waals surface area contributed by atoms with E-state index < -0.39 is 25.4 Å². The summed E-state index contributed by atoms with van der Waals surface area (Å²) >= 11 is 0. The maximum atomic E-state index is 13.2. The van der Waals surface area contributed by atoms with E-state index in [9.17, 15) is 18.0 Å². The third kappa shape index (κ3) is 5.95. The zero-order chi connectivity index (χ0) is 25.4. The number of nitrogens with one attached hydrogen (secondary N) is 1. The number of rotatable bonds is 7. The molecule has 2 aliphatic heterocycles. The number of hydrogen-bond donors (Lipinski definition) is 1. The molecule has 1 amide bonds. The van der Waals surface area contributed by atoms with E-state index in [4.69, 9.17) is 9.72 Å². The molecule has 2 fully saturated rings. The minimum Gasteiger partial charge on any atom is -0.361 e. The second kappa shape index (κ2) is 9.67. The van der Waals surface area contributed by atoms with Crippen LogP contribution in [0.15, 0.2) is 36.4 Å². The standard InChI is InChI=1S/C26H34F3N3O2Si/c1-18-15-20(19-5-7-21(8-6-19)26(27,28)29)16-23(30-18)22-9-10-25(31-22)11-12-32(24(25)33)17-34-13-14-35(2,3)4/h5-8,15-16,22,31H,9-14,17H2,1-4H3. The van der Waals surface area contributed by atoms with Crippen LogP contribution in [-0.4, -0.2) is 49.3 Å². The fraction of sp³-hybridized carbons (Fsp3) is 0.538. The summed E-state index contributed by atoms with van der Waals surface area (Å²) in [6.07, 6.45) is -2.12. The molecule has 1 N–H and O–H groups in total. The van der Waals surface area contributed by atoms with Gasteiger partial charge in [0.2, 0.25) is 5.91 Å². The Labute approximate surface area is 206 Å². The molecule has 190 valence electrons. The molecule has 4 rings (SSSR count). The summed E-state index contributed by atoms with van der Waals surface area (Å²) in [5, 5.41) is 3.56. The van der Waals surface area contributed by atoms with Crippen LogP contribution in [0.2, 0.25) is 25.7 Å². The number of nitrogens with zero attached hydrogens (tertiary/aromatic N) is 2. The maximum absolute atomic E-state index is 13.2. The van der Waals surface area contributed by atoms with Crippen molar-refractivity contribution in [1.29, 1.82) is 0 Å². The average molecular weight is 506 g/mol. The molecule has 9 heteroatoms. The first-order chi connectivity index (χ1) is 16.4. The van der Waals surface area contributed by atoms with Crippen LogP contribution >= 0.6 is 0 Å². The molecule has 3 heterocycles. The molecule has 5 nitrogen and oxygen atoms in total. The van der Waals surface area contributed by atoms with Gasteiger partial charge in [-0.3, -0.25) is 15.1 Å². The Morgan fingerprint density at radius 3 is 2.51 bits per heavy atom. The first-order valence-electron chi connectivity index (χ1n) is 12.2. The van der Waals surface area contributed by atoms with Crippen molar-refractivity contribution in [3.05, 3.63) is 53.3 Å². The van der Waals surface area contributed by atoms with Crippen LogP contribution in [0.1, 0.15) is 42.3 Å². The summed E-state index contributed by atoms with van der Waals surface area (Å²) in [4.78, 5) is 19.7. The van der Waals surface area contributed by atoms with Crippen LogP contribution in [0.25, 0.3) is 11.1 Å². The van der Waals surface area contributed by atoms with Gasteiger partial charge in [-0.25, -0.2) is 0 Å². The lowest BCUT2D eigenvalue weighted by Gasteiger charge is -2.25. The van der Waals surface area contributed by atoms with Crippen molar-refractivity contribution in [2.75, 3.05) is 19.9 Å². The van der Waals surface area contributed by atoms with E-state index in [1.54, 1.807) is 4.90 Å². The molecule has 0 aliphatic carbocycles. The van der Waals surface area contributed by atoms with Crippen LogP contribution in [0.3, 0.4) is 0 Å². The van der Waals surface area contributed by atoms with Gasteiger partial charge in [0.1, 0.15) is 12.3 Å². The monoisotopic (exact) mass is 505 g/mol. The summed E-state index contributed by atoms with van der Waals surface area (Å²) in [6.45, 7) is 10.5. The predicted molar refractivity (Wildman–Crippen MR) is 133 cm³/mol. The number of carbonyl (C=O) groups is 1. The van der Waals surface area contributed by atoms with Crippen molar-refractivity contribution < 1.29 is 22.7 Å². The Morgan fingerprint density at radius 2 is 1.86 bits per heavy atom. The van der Waals surface area contributed by atoms with Crippen molar-refractivity contribution in [2.45, 2.75) is 69.6 Å². The number of likely N-dealkylation sites (tertiary alicyclic amines) is 1. The van der Waals surface area contributed by atoms with Gasteiger partial charge in [-0.2, -0.15) is 13.2 Å². The lowest BCUT2D eigenvalue weighted by atomic mass is 9.96. The van der Waals surface area contributed by atoms with Crippen molar-refractivity contribution in [1.82, 2.24) is 15.2 Å². The van der Waals surface area contributed by atoms with Gasteiger partial charge in [0, 0.05) is 26.9 Å². The summed E-state index contributed by atoms with van der Waals surface area (Å²) in [5.41, 5.74) is 1.87. The van der Waals surface area contributed by atoms with E-state index >= 15 is 0 Å². The van der Waals surface area contributed by atoms with Gasteiger partial charge in [0.25, 0.3) is 0 Å². The van der Waals surface area contributed by atoms with Crippen molar-refractivity contribution in [3.8, 4) is 11.1 Å². The van der Waals surface area contributed by atoms with Gasteiger partial charge in [-0.05, 0) is 67.6 Å². The molecule has 2 aromatic rings. The molecule has 2 unspecified atom stereocenters. The Morgan fingerprint density at radius 1 is 1.14 bits per heavy atom. The first-order valence-corrected chi connectivity index (χ1v) is 15.9. The fourth-order valence-corrected chi connectivity index (χ4v) is 5.62. The average Bonchev–Trinajstić information content (AvgIpc) is 3.34. The number of amides is 1. The van der Waals surface area contributed by atoms with E-state index in [1.807, 2.05) is 19.1 Å². The van der Waals surface area contributed by atoms with Crippen LogP contribution < -0.4 is 5.32 Å². The zero-order valence-corrected chi connectivity index (χ0v) is 21.8. The number of carbonyl (C=O) groups excluding carboxylic acids is 1. The van der Waals surface area contributed by atoms with E-state index in [0.717, 1.165) is 54.4 Å². The minimum absolute atomic E-state index is 0.0835. The highest BCUT2D eigenvalue weighted by Crippen LogP contribution is 2.40. The Balaban J connectivity index is 1.43. The van der Waals surface area contributed by atoms with Gasteiger partial charge in [-0.1, -0.05) is 31.8 Å². The first kappa shape index (κ1) is 25.8. The van der Waals surface area contributed by atoms with Crippen LogP contribution in [-0.2, 0) is 15.7 Å². The number of aromatic nitrogens is 1. The minimum atomic E-state index is -4.36. The molecular weight excluding hydrogens is 471 g/mol. The molecule has 1 aromatic heterocycles. The lowest BCUT2D eigenvalue weighted by molar-refractivity contribution is -0.138. The predicted octanol–water partition coefficient (Wildman–Crippen LogP) is 5.78. The molecule has 0 bridgehead atoms. The molecular formula is C26H34F3N3O2Si. The zero-order valence-electron chi connectivity index (χ0n) is 20.8. The Hall–Kier alpha value is -2.23. The molecule has 0 radical (unpaired) electrons. The molecule has 35 heavy (non-hydrogen) atoms. The van der Waals surface area contributed by atoms with Crippen molar-refractivity contribution >= 4 is 14.0 Å². The molecule has 2 atom stereocenters. The number of ether oxygens (including phenoxy) is 1. The summed E-state index contributed by atoms with van der Waals surface area (Å²) in [6, 6.07) is 9.97. The van der Waals surface area contributed by atoms with E-state index in [1.165, 1.54) is 12.1 Å². The van der Waals surface area contributed by atoms with Gasteiger partial charge in [-0.15, -0.1) is 0 Å². The summed E-state index contributed by atoms with van der Waals surface area (Å²) in [7, 11) is -1.17. The van der Waals surface area contributed by atoms with Crippen LogP contribution in [0.4, 0.5) is 13.2 Å². The fourth-order valence-electron chi connectivity index (χ4n) is 4.86. The van der Waals surface area contributed by atoms with Crippen molar-refractivity contribution in [3.63, 3.8) is 0 Å². The third-order valence-electron chi connectivity index (χ3n) is 6.93. The Kier molecular flexibility index (Phi) is 7.14. The van der Waals surface area contributed by atoms with E-state index in [-0.39, 0.29) is 11.9 Å².